The smallest absolute Gasteiger partial charge is 0.257 e. The molecule has 3 aromatic rings. The van der Waals surface area contributed by atoms with Gasteiger partial charge >= 0.3 is 0 Å². The van der Waals surface area contributed by atoms with Crippen LogP contribution in [0.1, 0.15) is 46.3 Å². The lowest BCUT2D eigenvalue weighted by Gasteiger charge is -2.32. The van der Waals surface area contributed by atoms with Crippen molar-refractivity contribution in [3.8, 4) is 11.1 Å². The Kier molecular flexibility index (Phi) is 4.51. The van der Waals surface area contributed by atoms with Crippen LogP contribution in [-0.2, 0) is 7.05 Å². The van der Waals surface area contributed by atoms with E-state index in [1.165, 1.54) is 0 Å². The van der Waals surface area contributed by atoms with Crippen molar-refractivity contribution in [2.24, 2.45) is 7.05 Å². The van der Waals surface area contributed by atoms with Crippen LogP contribution in [0.25, 0.3) is 11.1 Å². The number of carbonyl (C=O) groups is 1. The van der Waals surface area contributed by atoms with E-state index in [0.717, 1.165) is 47.7 Å². The number of nitrogens with zero attached hydrogens (tertiary/aromatic N) is 5. The van der Waals surface area contributed by atoms with Crippen molar-refractivity contribution in [2.75, 3.05) is 13.1 Å². The van der Waals surface area contributed by atoms with Crippen molar-refractivity contribution in [3.63, 3.8) is 0 Å². The molecule has 1 amide bonds. The summed E-state index contributed by atoms with van der Waals surface area (Å²) in [5.74, 6) is 1.09. The zero-order chi connectivity index (χ0) is 19.0. The summed E-state index contributed by atoms with van der Waals surface area (Å²) in [6.45, 7) is 5.31. The molecule has 7 heteroatoms. The first-order valence-corrected chi connectivity index (χ1v) is 9.20. The Morgan fingerprint density at radius 3 is 2.74 bits per heavy atom. The van der Waals surface area contributed by atoms with Crippen LogP contribution in [0.3, 0.4) is 0 Å². The minimum atomic E-state index is 0.0418. The Morgan fingerprint density at radius 2 is 2.11 bits per heavy atom. The molecule has 0 bridgehead atoms. The van der Waals surface area contributed by atoms with Crippen LogP contribution < -0.4 is 0 Å². The molecule has 1 aliphatic rings. The molecule has 0 radical (unpaired) electrons. The molecular weight excluding hydrogens is 342 g/mol. The number of aryl methyl sites for hydroxylation is 3. The van der Waals surface area contributed by atoms with Crippen LogP contribution in [-0.4, -0.2) is 43.8 Å². The minimum absolute atomic E-state index is 0.0418. The van der Waals surface area contributed by atoms with Gasteiger partial charge in [0.05, 0.1) is 17.5 Å². The molecule has 27 heavy (non-hydrogen) atoms. The van der Waals surface area contributed by atoms with E-state index in [1.54, 1.807) is 17.1 Å². The molecule has 0 unspecified atom stereocenters. The van der Waals surface area contributed by atoms with Crippen LogP contribution in [0.5, 0.6) is 0 Å². The third kappa shape index (κ3) is 3.37. The highest BCUT2D eigenvalue weighted by Gasteiger charge is 2.27. The van der Waals surface area contributed by atoms with E-state index < -0.39 is 0 Å². The van der Waals surface area contributed by atoms with Gasteiger partial charge in [-0.3, -0.25) is 14.5 Å². The molecule has 3 aromatic heterocycles. The molecule has 0 N–H and O–H groups in total. The number of likely N-dealkylation sites (tertiary alicyclic amines) is 1. The number of amides is 1. The topological polar surface area (TPSA) is 77.0 Å². The molecule has 1 saturated heterocycles. The molecule has 1 aliphatic heterocycles. The van der Waals surface area contributed by atoms with E-state index in [-0.39, 0.29) is 11.8 Å². The predicted octanol–water partition coefficient (Wildman–Crippen LogP) is 3.11. The minimum Gasteiger partial charge on any atom is -0.361 e. The van der Waals surface area contributed by atoms with Crippen molar-refractivity contribution < 1.29 is 9.32 Å². The van der Waals surface area contributed by atoms with Gasteiger partial charge in [0.15, 0.2) is 0 Å². The standard InChI is InChI=1S/C20H23N5O2/c1-13-19(14(2)27-23-13)15-6-7-18(21-9-15)16-5-4-8-25(12-16)20(26)17-10-22-24(3)11-17/h6-7,9-11,16H,4-5,8,12H2,1-3H3/t16-/m0/s1. The van der Waals surface area contributed by atoms with Crippen molar-refractivity contribution in [2.45, 2.75) is 32.6 Å². The van der Waals surface area contributed by atoms with Gasteiger partial charge in [-0.15, -0.1) is 0 Å². The maximum Gasteiger partial charge on any atom is 0.257 e. The highest BCUT2D eigenvalue weighted by Crippen LogP contribution is 2.30. The van der Waals surface area contributed by atoms with Gasteiger partial charge in [-0.1, -0.05) is 11.2 Å². The fraction of sp³-hybridized carbons (Fsp3) is 0.400. The van der Waals surface area contributed by atoms with Crippen LogP contribution >= 0.6 is 0 Å². The molecule has 0 saturated carbocycles. The summed E-state index contributed by atoms with van der Waals surface area (Å²) >= 11 is 0. The molecule has 4 rings (SSSR count). The molecule has 0 spiro atoms. The average molecular weight is 365 g/mol. The first-order chi connectivity index (χ1) is 13.0. The van der Waals surface area contributed by atoms with E-state index >= 15 is 0 Å². The van der Waals surface area contributed by atoms with Crippen LogP contribution in [0.15, 0.2) is 35.2 Å². The number of aromatic nitrogens is 4. The second kappa shape index (κ2) is 6.98. The van der Waals surface area contributed by atoms with Crippen LogP contribution in [0, 0.1) is 13.8 Å². The highest BCUT2D eigenvalue weighted by atomic mass is 16.5. The van der Waals surface area contributed by atoms with Gasteiger partial charge in [0.25, 0.3) is 5.91 Å². The first kappa shape index (κ1) is 17.5. The number of rotatable bonds is 3. The number of piperidine rings is 1. The maximum atomic E-state index is 12.7. The Morgan fingerprint density at radius 1 is 1.26 bits per heavy atom. The monoisotopic (exact) mass is 365 g/mol. The van der Waals surface area contributed by atoms with Gasteiger partial charge in [0.1, 0.15) is 5.76 Å². The summed E-state index contributed by atoms with van der Waals surface area (Å²) in [5.41, 5.74) is 4.54. The highest BCUT2D eigenvalue weighted by molar-refractivity contribution is 5.93. The molecule has 1 atom stereocenters. The fourth-order valence-electron chi connectivity index (χ4n) is 3.81. The summed E-state index contributed by atoms with van der Waals surface area (Å²) in [5, 5.41) is 8.11. The third-order valence-corrected chi connectivity index (χ3v) is 5.19. The molecule has 0 aliphatic carbocycles. The molecule has 7 nitrogen and oxygen atoms in total. The summed E-state index contributed by atoms with van der Waals surface area (Å²) in [6.07, 6.45) is 7.29. The van der Waals surface area contributed by atoms with Gasteiger partial charge in [-0.05, 0) is 32.8 Å². The molecule has 1 fully saturated rings. The Balaban J connectivity index is 1.51. The summed E-state index contributed by atoms with van der Waals surface area (Å²) < 4.78 is 6.91. The Hall–Kier alpha value is -2.96. The number of hydrogen-bond donors (Lipinski definition) is 0. The van der Waals surface area contributed by atoms with Crippen molar-refractivity contribution in [1.82, 2.24) is 24.8 Å². The second-order valence-electron chi connectivity index (χ2n) is 7.16. The van der Waals surface area contributed by atoms with Gasteiger partial charge < -0.3 is 9.42 Å². The Bertz CT molecular complexity index is 938. The quantitative estimate of drug-likeness (QED) is 0.713. The normalized spacial score (nSPS) is 17.3. The van der Waals surface area contributed by atoms with Gasteiger partial charge in [-0.2, -0.15) is 5.10 Å². The van der Waals surface area contributed by atoms with E-state index in [4.69, 9.17) is 4.52 Å². The van der Waals surface area contributed by atoms with Gasteiger partial charge in [0.2, 0.25) is 0 Å². The van der Waals surface area contributed by atoms with Crippen molar-refractivity contribution in [1.29, 1.82) is 0 Å². The maximum absolute atomic E-state index is 12.7. The average Bonchev–Trinajstić information content (AvgIpc) is 3.27. The van der Waals surface area contributed by atoms with E-state index in [9.17, 15) is 4.79 Å². The van der Waals surface area contributed by atoms with Gasteiger partial charge in [0, 0.05) is 55.3 Å². The molecule has 140 valence electrons. The summed E-state index contributed by atoms with van der Waals surface area (Å²) in [7, 11) is 1.82. The Labute approximate surface area is 158 Å². The molecule has 0 aromatic carbocycles. The second-order valence-corrected chi connectivity index (χ2v) is 7.16. The van der Waals surface area contributed by atoms with Crippen molar-refractivity contribution in [3.05, 3.63) is 53.4 Å². The van der Waals surface area contributed by atoms with E-state index in [2.05, 4.69) is 27.4 Å². The van der Waals surface area contributed by atoms with E-state index in [0.29, 0.717) is 12.1 Å². The third-order valence-electron chi connectivity index (χ3n) is 5.19. The first-order valence-electron chi connectivity index (χ1n) is 9.20. The zero-order valence-electron chi connectivity index (χ0n) is 15.8. The predicted molar refractivity (Wildman–Crippen MR) is 100 cm³/mol. The number of hydrogen-bond acceptors (Lipinski definition) is 5. The van der Waals surface area contributed by atoms with E-state index in [1.807, 2.05) is 32.0 Å². The van der Waals surface area contributed by atoms with Crippen molar-refractivity contribution >= 4 is 5.91 Å². The van der Waals surface area contributed by atoms with Crippen LogP contribution in [0.4, 0.5) is 0 Å². The zero-order valence-corrected chi connectivity index (χ0v) is 15.8. The largest absolute Gasteiger partial charge is 0.361 e. The fourth-order valence-corrected chi connectivity index (χ4v) is 3.81. The lowest BCUT2D eigenvalue weighted by Crippen LogP contribution is -2.39. The SMILES string of the molecule is Cc1noc(C)c1-c1ccc([C@H]2CCCN(C(=O)c3cnn(C)c3)C2)nc1. The number of pyridine rings is 1. The molecular formula is C20H23N5O2. The lowest BCUT2D eigenvalue weighted by molar-refractivity contribution is 0.0706. The van der Waals surface area contributed by atoms with Gasteiger partial charge in [-0.25, -0.2) is 0 Å². The summed E-state index contributed by atoms with van der Waals surface area (Å²) in [4.78, 5) is 19.3. The summed E-state index contributed by atoms with van der Waals surface area (Å²) in [6, 6.07) is 4.13. The lowest BCUT2D eigenvalue weighted by atomic mass is 9.93. The number of carbonyl (C=O) groups excluding carboxylic acids is 1. The van der Waals surface area contributed by atoms with Crippen LogP contribution in [0.2, 0.25) is 0 Å². The molecule has 4 heterocycles.